The molecule has 3 amide bonds. The average molecular weight is 570 g/mol. The van der Waals surface area contributed by atoms with Crippen LogP contribution in [0.3, 0.4) is 0 Å². The monoisotopic (exact) mass is 569 g/mol. The molecular formula is C30H43N5O6. The lowest BCUT2D eigenvalue weighted by Gasteiger charge is -2.34. The van der Waals surface area contributed by atoms with Gasteiger partial charge in [-0.25, -0.2) is 9.59 Å². The van der Waals surface area contributed by atoms with Crippen molar-refractivity contribution in [1.29, 1.82) is 0 Å². The molecule has 5 rings (SSSR count). The first-order chi connectivity index (χ1) is 19.5. The van der Waals surface area contributed by atoms with Gasteiger partial charge in [0.25, 0.3) is 0 Å². The first-order valence-electron chi connectivity index (χ1n) is 14.9. The van der Waals surface area contributed by atoms with E-state index in [0.29, 0.717) is 32.0 Å². The first-order valence-corrected chi connectivity index (χ1v) is 14.9. The molecule has 2 aromatic rings. The molecule has 1 unspecified atom stereocenters. The number of imidazole rings is 1. The number of benzene rings is 1. The Labute approximate surface area is 240 Å². The summed E-state index contributed by atoms with van der Waals surface area (Å²) in [5.74, 6) is -0.300. The first kappa shape index (κ1) is 29.3. The molecule has 1 N–H and O–H groups in total. The number of imide groups is 1. The Balaban J connectivity index is 1.10. The maximum absolute atomic E-state index is 13.1. The average Bonchev–Trinajstić information content (AvgIpc) is 3.17. The number of hydrogen-bond donors (Lipinski definition) is 1. The second-order valence-corrected chi connectivity index (χ2v) is 12.6. The molecule has 0 radical (unpaired) electrons. The molecule has 41 heavy (non-hydrogen) atoms. The maximum atomic E-state index is 13.1. The van der Waals surface area contributed by atoms with Crippen molar-refractivity contribution in [3.8, 4) is 0 Å². The fraction of sp³-hybridized carbons (Fsp3) is 0.667. The Morgan fingerprint density at radius 1 is 0.976 bits per heavy atom. The second-order valence-electron chi connectivity index (χ2n) is 12.6. The van der Waals surface area contributed by atoms with Gasteiger partial charge >= 0.3 is 11.8 Å². The summed E-state index contributed by atoms with van der Waals surface area (Å²) in [6, 6.07) is 5.45. The molecule has 11 heteroatoms. The number of carbonyl (C=O) groups is 3. The van der Waals surface area contributed by atoms with Gasteiger partial charge in [0.2, 0.25) is 11.8 Å². The number of fused-ring (bicyclic) bond motifs is 1. The highest BCUT2D eigenvalue weighted by atomic mass is 16.6. The Morgan fingerprint density at radius 3 is 2.34 bits per heavy atom. The summed E-state index contributed by atoms with van der Waals surface area (Å²) in [7, 11) is 1.74. The van der Waals surface area contributed by atoms with E-state index >= 15 is 0 Å². The van der Waals surface area contributed by atoms with E-state index in [2.05, 4.69) is 22.3 Å². The lowest BCUT2D eigenvalue weighted by Crippen LogP contribution is -2.44. The van der Waals surface area contributed by atoms with Crippen LogP contribution in [0.15, 0.2) is 23.0 Å². The number of nitrogens with zero attached hydrogens (tertiary/aromatic N) is 4. The number of rotatable bonds is 6. The van der Waals surface area contributed by atoms with Gasteiger partial charge in [-0.3, -0.25) is 24.0 Å². The quantitative estimate of drug-likeness (QED) is 0.532. The van der Waals surface area contributed by atoms with Crippen LogP contribution in [0, 0.1) is 0 Å². The zero-order valence-corrected chi connectivity index (χ0v) is 24.7. The molecule has 0 spiro atoms. The van der Waals surface area contributed by atoms with Crippen molar-refractivity contribution >= 4 is 28.9 Å². The topological polar surface area (TPSA) is 115 Å². The second kappa shape index (κ2) is 12.0. The van der Waals surface area contributed by atoms with Crippen LogP contribution < -0.4 is 11.0 Å². The SMILES string of the molecule is Cn1c(=O)n(C2CCC(=O)NC2=O)c2ccc(C3CCN(CCOC4CCN(C(=O)OC(C)(C)C)CC4)CC3)cc21. The summed E-state index contributed by atoms with van der Waals surface area (Å²) in [6.45, 7) is 10.5. The highest BCUT2D eigenvalue weighted by Crippen LogP contribution is 2.31. The summed E-state index contributed by atoms with van der Waals surface area (Å²) >= 11 is 0. The molecule has 3 aliphatic rings. The number of aryl methyl sites for hydroxylation is 1. The molecule has 0 aliphatic carbocycles. The molecule has 0 saturated carbocycles. The van der Waals surface area contributed by atoms with Crippen LogP contribution in [0.5, 0.6) is 0 Å². The Bertz CT molecular complexity index is 1340. The molecule has 3 fully saturated rings. The van der Waals surface area contributed by atoms with E-state index in [1.165, 1.54) is 10.1 Å². The van der Waals surface area contributed by atoms with Crippen molar-refractivity contribution in [3.63, 3.8) is 0 Å². The molecular weight excluding hydrogens is 526 g/mol. The van der Waals surface area contributed by atoms with Gasteiger partial charge in [0, 0.05) is 33.1 Å². The molecule has 11 nitrogen and oxygen atoms in total. The van der Waals surface area contributed by atoms with Crippen LogP contribution in [0.4, 0.5) is 4.79 Å². The molecule has 3 aliphatic heterocycles. The third-order valence-corrected chi connectivity index (χ3v) is 8.55. The third kappa shape index (κ3) is 6.67. The molecule has 224 valence electrons. The van der Waals surface area contributed by atoms with E-state index in [-0.39, 0.29) is 30.2 Å². The van der Waals surface area contributed by atoms with E-state index in [4.69, 9.17) is 9.47 Å². The van der Waals surface area contributed by atoms with E-state index < -0.39 is 17.6 Å². The van der Waals surface area contributed by atoms with E-state index in [9.17, 15) is 19.2 Å². The van der Waals surface area contributed by atoms with Gasteiger partial charge in [-0.05, 0) is 89.6 Å². The standard InChI is InChI=1S/C30H43N5O6/c1-30(2,3)41-29(39)34-15-11-22(12-16-34)40-18-17-33-13-9-20(10-14-33)21-5-6-23-25(19-21)32(4)28(38)35(23)24-7-8-26(36)31-27(24)37/h5-6,19-20,22,24H,7-18H2,1-4H3,(H,31,36,37). The highest BCUT2D eigenvalue weighted by molar-refractivity contribution is 6.00. The zero-order chi connectivity index (χ0) is 29.3. The summed E-state index contributed by atoms with van der Waals surface area (Å²) in [4.78, 5) is 53.6. The van der Waals surface area contributed by atoms with Crippen LogP contribution in [-0.4, -0.2) is 87.9 Å². The minimum absolute atomic E-state index is 0.178. The Morgan fingerprint density at radius 2 is 1.68 bits per heavy atom. The van der Waals surface area contributed by atoms with Crippen LogP contribution >= 0.6 is 0 Å². The summed E-state index contributed by atoms with van der Waals surface area (Å²) in [6.07, 6.45) is 4.22. The maximum Gasteiger partial charge on any atom is 0.410 e. The van der Waals surface area contributed by atoms with E-state index in [0.717, 1.165) is 56.4 Å². The van der Waals surface area contributed by atoms with Crippen LogP contribution in [-0.2, 0) is 26.1 Å². The van der Waals surface area contributed by atoms with Gasteiger partial charge in [-0.2, -0.15) is 0 Å². The predicted octanol–water partition coefficient (Wildman–Crippen LogP) is 2.91. The molecule has 1 aromatic carbocycles. The summed E-state index contributed by atoms with van der Waals surface area (Å²) in [5.41, 5.74) is 2.03. The molecule has 4 heterocycles. The van der Waals surface area contributed by atoms with Crippen molar-refractivity contribution in [2.45, 2.75) is 83.0 Å². The number of likely N-dealkylation sites (tertiary alicyclic amines) is 2. The summed E-state index contributed by atoms with van der Waals surface area (Å²) < 4.78 is 14.8. The lowest BCUT2D eigenvalue weighted by atomic mass is 9.89. The normalized spacial score (nSPS) is 21.9. The smallest absolute Gasteiger partial charge is 0.410 e. The largest absolute Gasteiger partial charge is 0.444 e. The van der Waals surface area contributed by atoms with Crippen LogP contribution in [0.2, 0.25) is 0 Å². The number of carbonyl (C=O) groups excluding carboxylic acids is 3. The summed E-state index contributed by atoms with van der Waals surface area (Å²) in [5, 5.41) is 2.36. The van der Waals surface area contributed by atoms with Gasteiger partial charge in [0.05, 0.1) is 23.7 Å². The van der Waals surface area contributed by atoms with Gasteiger partial charge in [-0.1, -0.05) is 6.07 Å². The van der Waals surface area contributed by atoms with Crippen molar-refractivity contribution in [3.05, 3.63) is 34.2 Å². The van der Waals surface area contributed by atoms with Gasteiger partial charge in [-0.15, -0.1) is 0 Å². The third-order valence-electron chi connectivity index (χ3n) is 8.55. The van der Waals surface area contributed by atoms with Crippen molar-refractivity contribution in [2.75, 3.05) is 39.3 Å². The molecule has 1 atom stereocenters. The number of hydrogen-bond acceptors (Lipinski definition) is 7. The highest BCUT2D eigenvalue weighted by Gasteiger charge is 2.32. The molecule has 1 aromatic heterocycles. The Kier molecular flexibility index (Phi) is 8.56. The number of piperidine rings is 3. The van der Waals surface area contributed by atoms with E-state index in [1.54, 1.807) is 16.5 Å². The van der Waals surface area contributed by atoms with E-state index in [1.807, 2.05) is 26.8 Å². The van der Waals surface area contributed by atoms with Crippen molar-refractivity contribution < 1.29 is 23.9 Å². The zero-order valence-electron chi connectivity index (χ0n) is 24.7. The van der Waals surface area contributed by atoms with Crippen molar-refractivity contribution in [1.82, 2.24) is 24.3 Å². The number of amides is 3. The lowest BCUT2D eigenvalue weighted by molar-refractivity contribution is -0.135. The minimum Gasteiger partial charge on any atom is -0.444 e. The fourth-order valence-electron chi connectivity index (χ4n) is 6.23. The number of ether oxygens (including phenoxy) is 2. The van der Waals surface area contributed by atoms with Gasteiger partial charge in [0.15, 0.2) is 0 Å². The van der Waals surface area contributed by atoms with Crippen LogP contribution in [0.25, 0.3) is 11.0 Å². The minimum atomic E-state index is -0.669. The van der Waals surface area contributed by atoms with Gasteiger partial charge < -0.3 is 19.3 Å². The number of aromatic nitrogens is 2. The van der Waals surface area contributed by atoms with Gasteiger partial charge in [0.1, 0.15) is 11.6 Å². The number of nitrogens with one attached hydrogen (secondary N) is 1. The predicted molar refractivity (Wildman–Crippen MR) is 154 cm³/mol. The van der Waals surface area contributed by atoms with Crippen molar-refractivity contribution in [2.24, 2.45) is 7.05 Å². The molecule has 3 saturated heterocycles. The Hall–Kier alpha value is -3.18. The fourth-order valence-corrected chi connectivity index (χ4v) is 6.23. The molecule has 0 bridgehead atoms. The van der Waals surface area contributed by atoms with Crippen LogP contribution in [0.1, 0.15) is 76.8 Å².